The Morgan fingerprint density at radius 2 is 1.81 bits per heavy atom. The molecule has 8 heteroatoms. The molecular weight excluding hydrogens is 418 g/mol. The van der Waals surface area contributed by atoms with E-state index in [1.807, 2.05) is 30.3 Å². The van der Waals surface area contributed by atoms with Crippen LogP contribution in [0, 0.1) is 0 Å². The van der Waals surface area contributed by atoms with Gasteiger partial charge < -0.3 is 20.1 Å². The van der Waals surface area contributed by atoms with Gasteiger partial charge in [0.15, 0.2) is 6.10 Å². The van der Waals surface area contributed by atoms with Gasteiger partial charge in [0.05, 0.1) is 12.1 Å². The molecule has 0 radical (unpaired) electrons. The third kappa shape index (κ3) is 5.21. The molecule has 1 heterocycles. The lowest BCUT2D eigenvalue weighted by Crippen LogP contribution is -2.39. The number of amides is 2. The second-order valence-corrected chi connectivity index (χ2v) is 7.21. The van der Waals surface area contributed by atoms with Gasteiger partial charge in [0.25, 0.3) is 5.91 Å². The van der Waals surface area contributed by atoms with Gasteiger partial charge in [-0.15, -0.1) is 0 Å². The molecule has 0 spiro atoms. The zero-order valence-corrected chi connectivity index (χ0v) is 16.9. The number of benzene rings is 3. The molecule has 1 aliphatic heterocycles. The van der Waals surface area contributed by atoms with Crippen LogP contribution in [0.5, 0.6) is 11.5 Å². The number of fused-ring (bicyclic) bond motifs is 1. The van der Waals surface area contributed by atoms with Gasteiger partial charge in [-0.2, -0.15) is 8.78 Å². The smallest absolute Gasteiger partial charge is 0.387 e. The molecule has 0 saturated heterocycles. The Labute approximate surface area is 183 Å². The predicted molar refractivity (Wildman–Crippen MR) is 115 cm³/mol. The van der Waals surface area contributed by atoms with Crippen molar-refractivity contribution in [3.63, 3.8) is 0 Å². The van der Waals surface area contributed by atoms with Gasteiger partial charge in [-0.05, 0) is 35.9 Å². The normalized spacial score (nSPS) is 14.8. The summed E-state index contributed by atoms with van der Waals surface area (Å²) < 4.78 is 35.9. The monoisotopic (exact) mass is 438 g/mol. The number of hydrogen-bond donors (Lipinski definition) is 2. The van der Waals surface area contributed by atoms with Gasteiger partial charge in [0.2, 0.25) is 5.91 Å². The van der Waals surface area contributed by atoms with Crippen LogP contribution in [-0.4, -0.2) is 24.5 Å². The van der Waals surface area contributed by atoms with E-state index in [9.17, 15) is 18.4 Å². The van der Waals surface area contributed by atoms with Crippen LogP contribution < -0.4 is 20.1 Å². The molecule has 0 fully saturated rings. The summed E-state index contributed by atoms with van der Waals surface area (Å²) in [6.07, 6.45) is -0.837. The maximum Gasteiger partial charge on any atom is 0.387 e. The SMILES string of the molecule is O=C(CC1Oc2ccccc2NC1=O)Nc1ccc(OC(F)F)c(Cc2ccccc2)c1. The molecule has 0 bridgehead atoms. The fraction of sp³-hybridized carbons (Fsp3) is 0.167. The minimum absolute atomic E-state index is 0.0356. The number of alkyl halides is 2. The van der Waals surface area contributed by atoms with Crippen molar-refractivity contribution in [3.8, 4) is 11.5 Å². The number of carbonyl (C=O) groups excluding carboxylic acids is 2. The molecule has 3 aromatic carbocycles. The number of anilines is 2. The second kappa shape index (κ2) is 9.47. The van der Waals surface area contributed by atoms with E-state index in [1.54, 1.807) is 30.3 Å². The van der Waals surface area contributed by atoms with Crippen molar-refractivity contribution in [2.75, 3.05) is 10.6 Å². The van der Waals surface area contributed by atoms with Crippen LogP contribution in [0.4, 0.5) is 20.2 Å². The van der Waals surface area contributed by atoms with Gasteiger partial charge >= 0.3 is 6.61 Å². The topological polar surface area (TPSA) is 76.7 Å². The van der Waals surface area contributed by atoms with Gasteiger partial charge in [-0.3, -0.25) is 9.59 Å². The lowest BCUT2D eigenvalue weighted by atomic mass is 10.0. The molecule has 1 aliphatic rings. The van der Waals surface area contributed by atoms with E-state index >= 15 is 0 Å². The van der Waals surface area contributed by atoms with E-state index in [-0.39, 0.29) is 12.2 Å². The number of halogens is 2. The minimum Gasteiger partial charge on any atom is -0.478 e. The molecule has 0 saturated carbocycles. The highest BCUT2D eigenvalue weighted by Crippen LogP contribution is 2.30. The first-order valence-electron chi connectivity index (χ1n) is 9.96. The summed E-state index contributed by atoms with van der Waals surface area (Å²) in [6, 6.07) is 20.7. The number of rotatable bonds is 7. The Kier molecular flexibility index (Phi) is 6.30. The molecule has 0 aliphatic carbocycles. The minimum atomic E-state index is -2.96. The highest BCUT2D eigenvalue weighted by Gasteiger charge is 2.29. The Balaban J connectivity index is 1.47. The Morgan fingerprint density at radius 1 is 1.06 bits per heavy atom. The number of nitrogens with one attached hydrogen (secondary N) is 2. The van der Waals surface area contributed by atoms with Crippen molar-refractivity contribution < 1.29 is 27.8 Å². The van der Waals surface area contributed by atoms with E-state index in [1.165, 1.54) is 12.1 Å². The summed E-state index contributed by atoms with van der Waals surface area (Å²) in [6.45, 7) is -2.96. The highest BCUT2D eigenvalue weighted by molar-refractivity contribution is 6.02. The lowest BCUT2D eigenvalue weighted by Gasteiger charge is -2.25. The van der Waals surface area contributed by atoms with Crippen molar-refractivity contribution in [1.29, 1.82) is 0 Å². The average Bonchev–Trinajstić information content (AvgIpc) is 2.76. The molecule has 0 aromatic heterocycles. The van der Waals surface area contributed by atoms with Crippen molar-refractivity contribution in [1.82, 2.24) is 0 Å². The van der Waals surface area contributed by atoms with E-state index in [2.05, 4.69) is 15.4 Å². The maximum absolute atomic E-state index is 12.8. The van der Waals surface area contributed by atoms with Crippen molar-refractivity contribution in [3.05, 3.63) is 83.9 Å². The molecule has 3 aromatic rings. The standard InChI is InChI=1S/C24H20F2N2O4/c25-24(26)32-19-11-10-17(13-16(19)12-15-6-2-1-3-7-15)27-22(29)14-21-23(30)28-18-8-4-5-9-20(18)31-21/h1-11,13,21,24H,12,14H2,(H,27,29)(H,28,30). The lowest BCUT2D eigenvalue weighted by molar-refractivity contribution is -0.128. The summed E-state index contributed by atoms with van der Waals surface area (Å²) in [7, 11) is 0. The summed E-state index contributed by atoms with van der Waals surface area (Å²) in [5, 5.41) is 5.41. The zero-order valence-electron chi connectivity index (χ0n) is 16.9. The van der Waals surface area contributed by atoms with Crippen molar-refractivity contribution >= 4 is 23.2 Å². The molecule has 4 rings (SSSR count). The van der Waals surface area contributed by atoms with E-state index in [4.69, 9.17) is 4.74 Å². The quantitative estimate of drug-likeness (QED) is 0.565. The van der Waals surface area contributed by atoms with E-state index < -0.39 is 24.5 Å². The van der Waals surface area contributed by atoms with Gasteiger partial charge in [-0.1, -0.05) is 42.5 Å². The Hall–Kier alpha value is -3.94. The maximum atomic E-state index is 12.8. The Bertz CT molecular complexity index is 1120. The van der Waals surface area contributed by atoms with Gasteiger partial charge in [-0.25, -0.2) is 0 Å². The summed E-state index contributed by atoms with van der Waals surface area (Å²) in [5.74, 6) is -0.334. The van der Waals surface area contributed by atoms with Crippen LogP contribution in [0.25, 0.3) is 0 Å². The van der Waals surface area contributed by atoms with E-state index in [0.717, 1.165) is 5.56 Å². The molecule has 32 heavy (non-hydrogen) atoms. The first-order valence-corrected chi connectivity index (χ1v) is 9.96. The number of ether oxygens (including phenoxy) is 2. The molecule has 2 amide bonds. The molecule has 2 N–H and O–H groups in total. The highest BCUT2D eigenvalue weighted by atomic mass is 19.3. The largest absolute Gasteiger partial charge is 0.478 e. The molecule has 6 nitrogen and oxygen atoms in total. The number of hydrogen-bond acceptors (Lipinski definition) is 4. The second-order valence-electron chi connectivity index (χ2n) is 7.21. The summed E-state index contributed by atoms with van der Waals surface area (Å²) >= 11 is 0. The third-order valence-corrected chi connectivity index (χ3v) is 4.88. The van der Waals surface area contributed by atoms with Crippen LogP contribution in [0.2, 0.25) is 0 Å². The molecule has 1 unspecified atom stereocenters. The average molecular weight is 438 g/mol. The zero-order chi connectivity index (χ0) is 22.5. The number of carbonyl (C=O) groups is 2. The Morgan fingerprint density at radius 3 is 2.59 bits per heavy atom. The third-order valence-electron chi connectivity index (χ3n) is 4.88. The molecular formula is C24H20F2N2O4. The van der Waals surface area contributed by atoms with Crippen LogP contribution >= 0.6 is 0 Å². The summed E-state index contributed by atoms with van der Waals surface area (Å²) in [5.41, 5.74) is 2.35. The van der Waals surface area contributed by atoms with Gasteiger partial charge in [0, 0.05) is 17.7 Å². The number of para-hydroxylation sites is 2. The molecule has 164 valence electrons. The summed E-state index contributed by atoms with van der Waals surface area (Å²) in [4.78, 5) is 24.8. The van der Waals surface area contributed by atoms with E-state index in [0.29, 0.717) is 29.1 Å². The predicted octanol–water partition coefficient (Wildman–Crippen LogP) is 4.61. The van der Waals surface area contributed by atoms with Gasteiger partial charge in [0.1, 0.15) is 11.5 Å². The van der Waals surface area contributed by atoms with Crippen LogP contribution in [-0.2, 0) is 16.0 Å². The van der Waals surface area contributed by atoms with Crippen LogP contribution in [0.1, 0.15) is 17.5 Å². The first-order chi connectivity index (χ1) is 15.5. The van der Waals surface area contributed by atoms with Crippen LogP contribution in [0.3, 0.4) is 0 Å². The first kappa shape index (κ1) is 21.3. The van der Waals surface area contributed by atoms with Crippen molar-refractivity contribution in [2.45, 2.75) is 25.6 Å². The fourth-order valence-electron chi connectivity index (χ4n) is 3.43. The fourth-order valence-corrected chi connectivity index (χ4v) is 3.43. The molecule has 1 atom stereocenters. The van der Waals surface area contributed by atoms with Crippen LogP contribution in [0.15, 0.2) is 72.8 Å². The van der Waals surface area contributed by atoms with Crippen molar-refractivity contribution in [2.24, 2.45) is 0 Å².